The number of hydrogen-bond acceptors (Lipinski definition) is 4. The van der Waals surface area contributed by atoms with Crippen LogP contribution in [0.3, 0.4) is 0 Å². The molecule has 0 aliphatic carbocycles. The van der Waals surface area contributed by atoms with Gasteiger partial charge < -0.3 is 14.6 Å². The van der Waals surface area contributed by atoms with Crippen molar-refractivity contribution >= 4 is 11.9 Å². The van der Waals surface area contributed by atoms with Crippen molar-refractivity contribution in [3.05, 3.63) is 59.7 Å². The predicted molar refractivity (Wildman–Crippen MR) is 140 cm³/mol. The Morgan fingerprint density at radius 3 is 1.97 bits per heavy atom. The number of aryl methyl sites for hydroxylation is 1. The number of unbranched alkanes of at least 4 members (excludes halogenated alkanes) is 12. The van der Waals surface area contributed by atoms with Gasteiger partial charge in [0.25, 0.3) is 0 Å². The molecule has 0 saturated carbocycles. The van der Waals surface area contributed by atoms with E-state index in [4.69, 9.17) is 9.47 Å². The van der Waals surface area contributed by atoms with E-state index in [9.17, 15) is 14.7 Å². The van der Waals surface area contributed by atoms with Crippen molar-refractivity contribution in [3.63, 3.8) is 0 Å². The number of carbonyl (C=O) groups excluding carboxylic acids is 1. The number of rotatable bonds is 19. The van der Waals surface area contributed by atoms with Crippen molar-refractivity contribution in [3.8, 4) is 11.5 Å². The molecule has 0 spiro atoms. The second-order valence-corrected chi connectivity index (χ2v) is 9.20. The fourth-order valence-electron chi connectivity index (χ4n) is 4.16. The minimum Gasteiger partial charge on any atom is -0.482 e. The summed E-state index contributed by atoms with van der Waals surface area (Å²) in [6.45, 7) is 1.98. The van der Waals surface area contributed by atoms with E-state index in [1.807, 2.05) is 18.2 Å². The third-order valence-electron chi connectivity index (χ3n) is 6.17. The number of benzene rings is 2. The Morgan fingerprint density at radius 2 is 1.34 bits per heavy atom. The van der Waals surface area contributed by atoms with Gasteiger partial charge in [-0.1, -0.05) is 108 Å². The highest BCUT2D eigenvalue weighted by Gasteiger charge is 2.14. The first-order chi connectivity index (χ1) is 17.1. The van der Waals surface area contributed by atoms with Gasteiger partial charge >= 0.3 is 11.9 Å². The van der Waals surface area contributed by atoms with Crippen LogP contribution in [0.15, 0.2) is 48.5 Å². The summed E-state index contributed by atoms with van der Waals surface area (Å²) in [6, 6.07) is 13.8. The maximum absolute atomic E-state index is 12.1. The summed E-state index contributed by atoms with van der Waals surface area (Å²) in [6.07, 6.45) is 18.4. The van der Waals surface area contributed by atoms with E-state index in [1.54, 1.807) is 12.1 Å². The molecule has 0 radical (unpaired) electrons. The maximum Gasteiger partial charge on any atom is 0.349 e. The van der Waals surface area contributed by atoms with Crippen molar-refractivity contribution in [1.82, 2.24) is 0 Å². The smallest absolute Gasteiger partial charge is 0.349 e. The molecular formula is C30H42O5. The quantitative estimate of drug-likeness (QED) is 0.125. The topological polar surface area (TPSA) is 72.8 Å². The molecule has 0 fully saturated rings. The number of carboxylic acid groups (broad SMARTS) is 1. The molecule has 0 aliphatic rings. The Labute approximate surface area is 210 Å². The molecule has 2 rings (SSSR count). The molecule has 192 valence electrons. The van der Waals surface area contributed by atoms with Gasteiger partial charge in [0.05, 0.1) is 0 Å². The largest absolute Gasteiger partial charge is 0.482 e. The van der Waals surface area contributed by atoms with Gasteiger partial charge in [-0.05, 0) is 42.7 Å². The summed E-state index contributed by atoms with van der Waals surface area (Å²) < 4.78 is 10.7. The zero-order valence-corrected chi connectivity index (χ0v) is 21.3. The van der Waals surface area contributed by atoms with Crippen molar-refractivity contribution < 1.29 is 24.2 Å². The van der Waals surface area contributed by atoms with E-state index in [0.717, 1.165) is 12.8 Å². The highest BCUT2D eigenvalue weighted by Crippen LogP contribution is 2.19. The van der Waals surface area contributed by atoms with E-state index >= 15 is 0 Å². The number of carbonyl (C=O) groups is 2. The summed E-state index contributed by atoms with van der Waals surface area (Å²) in [5.41, 5.74) is 1.14. The molecule has 0 aliphatic heterocycles. The molecule has 0 unspecified atom stereocenters. The van der Waals surface area contributed by atoms with Crippen LogP contribution in [-0.2, 0) is 11.2 Å². The predicted octanol–water partition coefficient (Wildman–Crippen LogP) is 8.00. The molecule has 2 aromatic rings. The average molecular weight is 483 g/mol. The fourth-order valence-corrected chi connectivity index (χ4v) is 4.16. The molecule has 5 heteroatoms. The standard InChI is InChI=1S/C30H42O5/c1-2-3-4-5-6-7-8-9-10-11-12-13-14-18-25-19-17-20-26(23-25)34-24-29(31)35-28-22-16-15-21-27(28)30(32)33/h15-17,19-23H,2-14,18,24H2,1H3,(H,32,33). The highest BCUT2D eigenvalue weighted by atomic mass is 16.6. The number of aromatic carboxylic acids is 1. The summed E-state index contributed by atoms with van der Waals surface area (Å²) in [7, 11) is 0. The molecule has 2 aromatic carbocycles. The van der Waals surface area contributed by atoms with E-state index in [0.29, 0.717) is 5.75 Å². The van der Waals surface area contributed by atoms with E-state index in [-0.39, 0.29) is 17.9 Å². The molecule has 0 aromatic heterocycles. The molecular weight excluding hydrogens is 440 g/mol. The number of ether oxygens (including phenoxy) is 2. The van der Waals surface area contributed by atoms with Crippen LogP contribution in [0.2, 0.25) is 0 Å². The zero-order valence-electron chi connectivity index (χ0n) is 21.3. The zero-order chi connectivity index (χ0) is 25.1. The average Bonchev–Trinajstić information content (AvgIpc) is 2.86. The normalized spacial score (nSPS) is 10.8. The van der Waals surface area contributed by atoms with E-state index in [2.05, 4.69) is 13.0 Å². The summed E-state index contributed by atoms with van der Waals surface area (Å²) in [4.78, 5) is 23.3. The van der Waals surface area contributed by atoms with Gasteiger partial charge in [-0.15, -0.1) is 0 Å². The molecule has 1 N–H and O–H groups in total. The Balaban J connectivity index is 1.57. The fraction of sp³-hybridized carbons (Fsp3) is 0.533. The second-order valence-electron chi connectivity index (χ2n) is 9.20. The van der Waals surface area contributed by atoms with Gasteiger partial charge in [0.1, 0.15) is 17.1 Å². The monoisotopic (exact) mass is 482 g/mol. The van der Waals surface area contributed by atoms with Crippen LogP contribution in [0.25, 0.3) is 0 Å². The van der Waals surface area contributed by atoms with Crippen LogP contribution in [0, 0.1) is 0 Å². The number of carboxylic acids is 1. The van der Waals surface area contributed by atoms with Crippen LogP contribution < -0.4 is 9.47 Å². The van der Waals surface area contributed by atoms with Crippen molar-refractivity contribution in [2.45, 2.75) is 96.8 Å². The van der Waals surface area contributed by atoms with E-state index < -0.39 is 11.9 Å². The van der Waals surface area contributed by atoms with Gasteiger partial charge in [-0.2, -0.15) is 0 Å². The molecule has 35 heavy (non-hydrogen) atoms. The maximum atomic E-state index is 12.1. The first kappa shape index (κ1) is 28.4. The molecule has 0 atom stereocenters. The molecule has 0 amide bonds. The summed E-state index contributed by atoms with van der Waals surface area (Å²) >= 11 is 0. The second kappa shape index (κ2) is 17.6. The Morgan fingerprint density at radius 1 is 0.743 bits per heavy atom. The number of hydrogen-bond donors (Lipinski definition) is 1. The summed E-state index contributed by atoms with van der Waals surface area (Å²) in [5, 5.41) is 9.19. The van der Waals surface area contributed by atoms with Crippen LogP contribution >= 0.6 is 0 Å². The lowest BCUT2D eigenvalue weighted by molar-refractivity contribution is -0.136. The first-order valence-corrected chi connectivity index (χ1v) is 13.3. The third-order valence-corrected chi connectivity index (χ3v) is 6.17. The van der Waals surface area contributed by atoms with Gasteiger partial charge in [0.2, 0.25) is 0 Å². The molecule has 5 nitrogen and oxygen atoms in total. The third kappa shape index (κ3) is 12.4. The van der Waals surface area contributed by atoms with Crippen LogP contribution in [0.4, 0.5) is 0 Å². The van der Waals surface area contributed by atoms with Crippen molar-refractivity contribution in [2.24, 2.45) is 0 Å². The lowest BCUT2D eigenvalue weighted by atomic mass is 10.0. The Bertz CT molecular complexity index is 877. The van der Waals surface area contributed by atoms with E-state index in [1.165, 1.54) is 94.7 Å². The molecule has 0 heterocycles. The van der Waals surface area contributed by atoms with Crippen molar-refractivity contribution in [2.75, 3.05) is 6.61 Å². The molecule has 0 bridgehead atoms. The minimum atomic E-state index is -1.14. The lowest BCUT2D eigenvalue weighted by Gasteiger charge is -2.10. The van der Waals surface area contributed by atoms with Crippen LogP contribution in [0.1, 0.15) is 106 Å². The lowest BCUT2D eigenvalue weighted by Crippen LogP contribution is -2.19. The molecule has 0 saturated heterocycles. The van der Waals surface area contributed by atoms with Crippen molar-refractivity contribution in [1.29, 1.82) is 0 Å². The highest BCUT2D eigenvalue weighted by molar-refractivity contribution is 5.92. The SMILES string of the molecule is CCCCCCCCCCCCCCCc1cccc(OCC(=O)Oc2ccccc2C(=O)O)c1. The van der Waals surface area contributed by atoms with Crippen LogP contribution in [-0.4, -0.2) is 23.7 Å². The van der Waals surface area contributed by atoms with Gasteiger partial charge in [0, 0.05) is 0 Å². The number of para-hydroxylation sites is 1. The van der Waals surface area contributed by atoms with Gasteiger partial charge in [-0.25, -0.2) is 9.59 Å². The minimum absolute atomic E-state index is 0.0183. The van der Waals surface area contributed by atoms with Crippen LogP contribution in [0.5, 0.6) is 11.5 Å². The number of esters is 1. The first-order valence-electron chi connectivity index (χ1n) is 13.3. The van der Waals surface area contributed by atoms with Gasteiger partial charge in [0.15, 0.2) is 6.61 Å². The Hall–Kier alpha value is -2.82. The Kier molecular flexibility index (Phi) is 14.3. The summed E-state index contributed by atoms with van der Waals surface area (Å²) in [5.74, 6) is -1.15. The van der Waals surface area contributed by atoms with Gasteiger partial charge in [-0.3, -0.25) is 0 Å².